The molecule has 2 N–H and O–H groups in total. The molecule has 64 heavy (non-hydrogen) atoms. The number of nitrogens with one attached hydrogen (secondary N) is 1. The average molecular weight is 932 g/mol. The number of hydrogen-bond donors (Lipinski definition) is 2. The number of halogens is 2. The molecule has 2 heterocycles. The van der Waals surface area contributed by atoms with Crippen LogP contribution in [0.5, 0.6) is 0 Å². The molecule has 6 aliphatic carbocycles. The van der Waals surface area contributed by atoms with Crippen LogP contribution in [-0.4, -0.2) is 91.8 Å². The smallest absolute Gasteiger partial charge is 0.414 e. The Kier molecular flexibility index (Phi) is 14.5. The Morgan fingerprint density at radius 1 is 0.734 bits per heavy atom. The number of imide groups is 1. The number of allylic oxidation sites excluding steroid dienone is 2. The lowest BCUT2D eigenvalue weighted by Crippen LogP contribution is -2.63. The molecule has 0 aromatic rings. The summed E-state index contributed by atoms with van der Waals surface area (Å²) in [5.41, 5.74) is 0.785. The predicted molar refractivity (Wildman–Crippen MR) is 250 cm³/mol. The molecule has 0 aromatic heterocycles. The second-order valence-electron chi connectivity index (χ2n) is 23.3. The molecule has 0 aromatic carbocycles. The minimum atomic E-state index is -0.737. The van der Waals surface area contributed by atoms with E-state index in [1.54, 1.807) is 14.2 Å². The second kappa shape index (κ2) is 18.6. The van der Waals surface area contributed by atoms with Gasteiger partial charge < -0.3 is 24.2 Å². The van der Waals surface area contributed by atoms with Crippen LogP contribution in [0, 0.1) is 79.8 Å². The van der Waals surface area contributed by atoms with Crippen LogP contribution in [0.1, 0.15) is 139 Å². The number of amides is 2. The number of piperidine rings is 1. The van der Waals surface area contributed by atoms with E-state index in [0.29, 0.717) is 49.8 Å². The monoisotopic (exact) mass is 931 g/mol. The molecule has 0 radical (unpaired) electrons. The molecule has 8 aliphatic rings. The van der Waals surface area contributed by atoms with Crippen molar-refractivity contribution in [2.24, 2.45) is 79.8 Å². The fourth-order valence-electron chi connectivity index (χ4n) is 16.6. The van der Waals surface area contributed by atoms with Gasteiger partial charge in [-0.05, 0) is 125 Å². The van der Waals surface area contributed by atoms with Crippen LogP contribution in [0.4, 0.5) is 4.79 Å². The first kappa shape index (κ1) is 50.1. The van der Waals surface area contributed by atoms with Crippen molar-refractivity contribution < 1.29 is 38.5 Å². The lowest BCUT2D eigenvalue weighted by Gasteiger charge is -2.61. The van der Waals surface area contributed by atoms with E-state index in [1.807, 2.05) is 26.0 Å². The van der Waals surface area contributed by atoms with Crippen molar-refractivity contribution in [1.29, 1.82) is 0 Å². The van der Waals surface area contributed by atoms with Gasteiger partial charge >= 0.3 is 6.09 Å². The van der Waals surface area contributed by atoms with Crippen molar-refractivity contribution in [2.75, 3.05) is 33.9 Å². The molecule has 8 rings (SSSR count). The summed E-state index contributed by atoms with van der Waals surface area (Å²) in [6.07, 6.45) is 13.0. The summed E-state index contributed by atoms with van der Waals surface area (Å²) in [7, 11) is 3.56. The van der Waals surface area contributed by atoms with Crippen molar-refractivity contribution in [1.82, 2.24) is 10.2 Å². The SMILES string of the molecule is CO[C@@H]1CCC23CC[C@@H](C)[C@](C)(C12)[C@H](O)C[C@@](C)(CC=CCl)C(=O)[C@@H]3C.CO[C@@H]1CCC23CC[C@@H](C)[C@](C)(C12)[C@H](OC(=O)NC(=O)[C@H]1CN2CC[C@@H]1C2)C[C@@](C)(CC=CCl)C(=O)[C@@H]3C. The largest absolute Gasteiger partial charge is 0.445 e. The summed E-state index contributed by atoms with van der Waals surface area (Å²) in [5, 5.41) is 14.1. The Morgan fingerprint density at radius 2 is 1.22 bits per heavy atom. The van der Waals surface area contributed by atoms with Crippen molar-refractivity contribution in [3.63, 3.8) is 0 Å². The van der Waals surface area contributed by atoms with Gasteiger partial charge in [-0.25, -0.2) is 4.79 Å². The molecule has 2 aliphatic heterocycles. The normalized spacial score (nSPS) is 49.6. The van der Waals surface area contributed by atoms with Crippen LogP contribution in [0.15, 0.2) is 23.2 Å². The van der Waals surface area contributed by atoms with E-state index in [0.717, 1.165) is 70.9 Å². The standard InChI is InChI=1S/C30H45ClN2O5.C22H35ClO3/c1-18-7-11-30-12-8-22(37-5)24(30)29(18,4)23(15-28(3,10-6-13-31)25(34)19(30)2)38-27(36)32-26(35)21-17-33-14-9-20(21)16-33;1-14-7-10-22-11-8-16(26-5)18(22)21(14,4)17(24)13-20(3,9-6-12-23)19(25)15(22)2/h6,13,18-24H,7-12,14-17H2,1-5H3,(H,32,35,36);6,12,14-18,24H,7-11,13H2,1-5H3/t18-,19+,20-,21+,22-,23-,24?,28-,29+,30?;14-,15+,16-,17-,18?,20-,21+,22?/m11/s1. The Morgan fingerprint density at radius 3 is 1.69 bits per heavy atom. The first-order valence-corrected chi connectivity index (χ1v) is 25.6. The summed E-state index contributed by atoms with van der Waals surface area (Å²) >= 11 is 11.7. The van der Waals surface area contributed by atoms with Gasteiger partial charge in [-0.1, -0.05) is 90.7 Å². The maximum absolute atomic E-state index is 14.3. The maximum Gasteiger partial charge on any atom is 0.414 e. The zero-order valence-corrected chi connectivity index (χ0v) is 42.1. The van der Waals surface area contributed by atoms with Crippen LogP contribution in [-0.2, 0) is 28.6 Å². The van der Waals surface area contributed by atoms with Crippen LogP contribution in [0.3, 0.4) is 0 Å². The number of hydrogen-bond acceptors (Lipinski definition) is 9. The van der Waals surface area contributed by atoms with Gasteiger partial charge in [0.2, 0.25) is 5.91 Å². The van der Waals surface area contributed by atoms with Crippen molar-refractivity contribution in [3.8, 4) is 0 Å². The second-order valence-corrected chi connectivity index (χ2v) is 23.8. The van der Waals surface area contributed by atoms with Crippen molar-refractivity contribution in [3.05, 3.63) is 23.2 Å². The quantitative estimate of drug-likeness (QED) is 0.244. The zero-order chi connectivity index (χ0) is 46.8. The summed E-state index contributed by atoms with van der Waals surface area (Å²) < 4.78 is 18.3. The number of nitrogens with zero attached hydrogens (tertiary/aromatic N) is 1. The van der Waals surface area contributed by atoms with E-state index in [9.17, 15) is 24.3 Å². The molecule has 6 bridgehead atoms. The number of aliphatic hydroxyl groups excluding tert-OH is 1. The average Bonchev–Trinajstić information content (AvgIpc) is 4.09. The number of Topliss-reactive ketones (excluding diaryl/α,β-unsaturated/α-hetero) is 2. The third kappa shape index (κ3) is 7.92. The van der Waals surface area contributed by atoms with Gasteiger partial charge in [0.05, 0.1) is 24.2 Å². The van der Waals surface area contributed by atoms with Crippen LogP contribution in [0.25, 0.3) is 0 Å². The minimum Gasteiger partial charge on any atom is -0.445 e. The number of alkyl carbamates (subject to hydrolysis) is 1. The summed E-state index contributed by atoms with van der Waals surface area (Å²) in [6, 6.07) is 0. The maximum atomic E-state index is 14.3. The molecule has 12 heteroatoms. The van der Waals surface area contributed by atoms with E-state index in [4.69, 9.17) is 37.4 Å². The van der Waals surface area contributed by atoms with E-state index in [2.05, 4.69) is 51.8 Å². The number of carbonyl (C=O) groups excluding carboxylic acids is 4. The predicted octanol–water partition coefficient (Wildman–Crippen LogP) is 10.1. The van der Waals surface area contributed by atoms with Gasteiger partial charge in [0.15, 0.2) is 0 Å². The summed E-state index contributed by atoms with van der Waals surface area (Å²) in [6.45, 7) is 20.0. The highest BCUT2D eigenvalue weighted by Crippen LogP contribution is 2.70. The van der Waals surface area contributed by atoms with E-state index in [1.165, 1.54) is 11.1 Å². The lowest BCUT2D eigenvalue weighted by molar-refractivity contribution is -0.191. The van der Waals surface area contributed by atoms with Gasteiger partial charge in [0.1, 0.15) is 17.7 Å². The molecule has 5 unspecified atom stereocenters. The number of rotatable bonds is 8. The molecule has 0 spiro atoms. The fourth-order valence-corrected chi connectivity index (χ4v) is 16.8. The van der Waals surface area contributed by atoms with Gasteiger partial charge in [-0.2, -0.15) is 0 Å². The number of carbonyl (C=O) groups is 4. The van der Waals surface area contributed by atoms with E-state index in [-0.39, 0.29) is 75.7 Å². The highest BCUT2D eigenvalue weighted by molar-refractivity contribution is 6.25. The van der Waals surface area contributed by atoms with Crippen LogP contribution >= 0.6 is 23.2 Å². The Bertz CT molecular complexity index is 1840. The third-order valence-corrected chi connectivity index (χ3v) is 21.1. The highest BCUT2D eigenvalue weighted by atomic mass is 35.5. The van der Waals surface area contributed by atoms with Gasteiger partial charge in [-0.15, -0.1) is 0 Å². The molecule has 10 nitrogen and oxygen atoms in total. The zero-order valence-electron chi connectivity index (χ0n) is 40.6. The number of ether oxygens (including phenoxy) is 3. The third-order valence-electron chi connectivity index (χ3n) is 20.8. The molecule has 360 valence electrons. The summed E-state index contributed by atoms with van der Waals surface area (Å²) in [4.78, 5) is 56.7. The van der Waals surface area contributed by atoms with Gasteiger partial charge in [0, 0.05) is 77.8 Å². The van der Waals surface area contributed by atoms with Gasteiger partial charge in [-0.3, -0.25) is 19.7 Å². The number of methoxy groups -OCH3 is 2. The molecule has 6 saturated carbocycles. The van der Waals surface area contributed by atoms with Crippen molar-refractivity contribution in [2.45, 2.75) is 163 Å². The molecule has 2 saturated heterocycles. The molecular formula is C52H80Cl2N2O8. The van der Waals surface area contributed by atoms with Crippen LogP contribution < -0.4 is 5.32 Å². The molecule has 19 atom stereocenters. The molecule has 8 fully saturated rings. The first-order chi connectivity index (χ1) is 30.2. The fraction of sp³-hybridized carbons (Fsp3) is 0.846. The molecule has 2 amide bonds. The van der Waals surface area contributed by atoms with E-state index < -0.39 is 34.5 Å². The van der Waals surface area contributed by atoms with Crippen molar-refractivity contribution >= 4 is 46.8 Å². The highest BCUT2D eigenvalue weighted by Gasteiger charge is 2.70. The number of aliphatic hydroxyl groups is 1. The number of ketones is 2. The topological polar surface area (TPSA) is 131 Å². The van der Waals surface area contributed by atoms with Gasteiger partial charge in [0.25, 0.3) is 0 Å². The Labute approximate surface area is 394 Å². The first-order valence-electron chi connectivity index (χ1n) is 24.7. The number of fused-ring (bicyclic) bond motifs is 2. The Balaban J connectivity index is 0.000000206. The van der Waals surface area contributed by atoms with E-state index >= 15 is 0 Å². The lowest BCUT2D eigenvalue weighted by atomic mass is 9.43. The Hall–Kier alpha value is -1.82. The van der Waals surface area contributed by atoms with Crippen LogP contribution in [0.2, 0.25) is 0 Å². The molecular weight excluding hydrogens is 851 g/mol. The summed E-state index contributed by atoms with van der Waals surface area (Å²) in [5.74, 6) is 1.28. The minimum absolute atomic E-state index is 0.00368.